The number of ether oxygens (including phenoxy) is 1. The van der Waals surface area contributed by atoms with E-state index in [1.54, 1.807) is 33.8 Å². The minimum Gasteiger partial charge on any atom is -0.444 e. The van der Waals surface area contributed by atoms with Crippen LogP contribution < -0.4 is 10.6 Å². The lowest BCUT2D eigenvalue weighted by Gasteiger charge is -2.21. The summed E-state index contributed by atoms with van der Waals surface area (Å²) >= 11 is 0. The number of nitriles is 1. The Morgan fingerprint density at radius 3 is 2.63 bits per heavy atom. The van der Waals surface area contributed by atoms with Crippen molar-refractivity contribution < 1.29 is 14.3 Å². The number of rotatable bonds is 5. The Labute approximate surface area is 155 Å². The van der Waals surface area contributed by atoms with Crippen molar-refractivity contribution in [1.82, 2.24) is 35.4 Å². The summed E-state index contributed by atoms with van der Waals surface area (Å²) in [6.07, 6.45) is 3.47. The van der Waals surface area contributed by atoms with E-state index in [0.29, 0.717) is 11.6 Å². The molecule has 0 aliphatic heterocycles. The average molecular weight is 372 g/mol. The molecule has 2 aromatic rings. The first kappa shape index (κ1) is 19.8. The van der Waals surface area contributed by atoms with Gasteiger partial charge in [0.15, 0.2) is 11.6 Å². The predicted molar refractivity (Wildman–Crippen MR) is 92.7 cm³/mol. The summed E-state index contributed by atoms with van der Waals surface area (Å²) in [4.78, 5) is 35.7. The number of aromatic nitrogens is 5. The number of alkyl carbamates (subject to hydrolysis) is 1. The highest BCUT2D eigenvalue weighted by Crippen LogP contribution is 2.11. The zero-order chi connectivity index (χ0) is 20.0. The average Bonchev–Trinajstić information content (AvgIpc) is 3.08. The van der Waals surface area contributed by atoms with Crippen molar-refractivity contribution in [3.63, 3.8) is 0 Å². The van der Waals surface area contributed by atoms with Gasteiger partial charge in [0.25, 0.3) is 5.91 Å². The molecule has 0 aromatic carbocycles. The molecule has 11 heteroatoms. The van der Waals surface area contributed by atoms with Crippen molar-refractivity contribution in [3.05, 3.63) is 30.2 Å². The summed E-state index contributed by atoms with van der Waals surface area (Å²) in [5.74, 6) is 0.207. The van der Waals surface area contributed by atoms with Crippen LogP contribution in [0.3, 0.4) is 0 Å². The van der Waals surface area contributed by atoms with Crippen molar-refractivity contribution in [2.45, 2.75) is 39.3 Å². The van der Waals surface area contributed by atoms with Crippen LogP contribution in [0.2, 0.25) is 0 Å². The van der Waals surface area contributed by atoms with Crippen LogP contribution in [0.25, 0.3) is 5.82 Å². The van der Waals surface area contributed by atoms with E-state index in [1.165, 1.54) is 23.4 Å². The van der Waals surface area contributed by atoms with Gasteiger partial charge in [0, 0.05) is 0 Å². The third-order valence-electron chi connectivity index (χ3n) is 3.06. The summed E-state index contributed by atoms with van der Waals surface area (Å²) in [7, 11) is 0. The van der Waals surface area contributed by atoms with Gasteiger partial charge in [-0.1, -0.05) is 0 Å². The van der Waals surface area contributed by atoms with Crippen LogP contribution >= 0.6 is 0 Å². The van der Waals surface area contributed by atoms with E-state index in [1.807, 2.05) is 0 Å². The second kappa shape index (κ2) is 8.22. The first-order chi connectivity index (χ1) is 12.7. The van der Waals surface area contributed by atoms with Crippen LogP contribution in [0.15, 0.2) is 18.7 Å². The highest BCUT2D eigenvalue weighted by atomic mass is 16.6. The standard InChI is InChI=1S/C16H20N8O3/c1-10(22-15(26)27-16(2,3)4)13-21-9-24(23-13)12-8-19-11(7-20-12)14(25)18-6-5-17/h7-10H,6H2,1-4H3,(H,18,25)(H,22,26)/t10-/m0/s1. The minimum atomic E-state index is -0.604. The van der Waals surface area contributed by atoms with Crippen molar-refractivity contribution >= 4 is 12.0 Å². The maximum absolute atomic E-state index is 11.8. The van der Waals surface area contributed by atoms with Crippen LogP contribution in [0.1, 0.15) is 50.0 Å². The molecule has 0 aliphatic rings. The van der Waals surface area contributed by atoms with Crippen molar-refractivity contribution in [2.75, 3.05) is 6.54 Å². The molecule has 142 valence electrons. The Bertz CT molecular complexity index is 848. The van der Waals surface area contributed by atoms with Gasteiger partial charge in [0.1, 0.15) is 24.2 Å². The summed E-state index contributed by atoms with van der Waals surface area (Å²) in [6, 6.07) is 1.32. The van der Waals surface area contributed by atoms with E-state index in [9.17, 15) is 9.59 Å². The van der Waals surface area contributed by atoms with E-state index >= 15 is 0 Å². The van der Waals surface area contributed by atoms with Crippen LogP contribution in [-0.4, -0.2) is 48.9 Å². The fraction of sp³-hybridized carbons (Fsp3) is 0.438. The zero-order valence-corrected chi connectivity index (χ0v) is 15.4. The smallest absolute Gasteiger partial charge is 0.408 e. The van der Waals surface area contributed by atoms with Crippen LogP contribution in [0, 0.1) is 11.3 Å². The lowest BCUT2D eigenvalue weighted by atomic mass is 10.2. The molecule has 2 aromatic heterocycles. The molecule has 0 saturated carbocycles. The number of amides is 2. The van der Waals surface area contributed by atoms with Gasteiger partial charge in [-0.05, 0) is 27.7 Å². The zero-order valence-electron chi connectivity index (χ0n) is 15.4. The van der Waals surface area contributed by atoms with Gasteiger partial charge < -0.3 is 15.4 Å². The van der Waals surface area contributed by atoms with Gasteiger partial charge in [0.2, 0.25) is 0 Å². The highest BCUT2D eigenvalue weighted by Gasteiger charge is 2.20. The quantitative estimate of drug-likeness (QED) is 0.735. The number of carbonyl (C=O) groups is 2. The minimum absolute atomic E-state index is 0.0781. The molecule has 2 N–H and O–H groups in total. The number of carbonyl (C=O) groups excluding carboxylic acids is 2. The molecule has 2 amide bonds. The molecule has 0 fully saturated rings. The van der Waals surface area contributed by atoms with Crippen molar-refractivity contribution in [2.24, 2.45) is 0 Å². The second-order valence-corrected chi connectivity index (χ2v) is 6.52. The number of nitrogens with zero attached hydrogens (tertiary/aromatic N) is 6. The number of nitrogens with one attached hydrogen (secondary N) is 2. The van der Waals surface area contributed by atoms with Gasteiger partial charge in [-0.25, -0.2) is 24.4 Å². The fourth-order valence-corrected chi connectivity index (χ4v) is 1.90. The summed E-state index contributed by atoms with van der Waals surface area (Å²) in [6.45, 7) is 6.92. The van der Waals surface area contributed by atoms with Gasteiger partial charge >= 0.3 is 6.09 Å². The molecule has 11 nitrogen and oxygen atoms in total. The van der Waals surface area contributed by atoms with E-state index in [4.69, 9.17) is 10.00 Å². The summed E-state index contributed by atoms with van der Waals surface area (Å²) in [5.41, 5.74) is -0.526. The Balaban J connectivity index is 2.03. The largest absolute Gasteiger partial charge is 0.444 e. The Kier molecular flexibility index (Phi) is 6.02. The first-order valence-corrected chi connectivity index (χ1v) is 8.08. The van der Waals surface area contributed by atoms with Crippen LogP contribution in [-0.2, 0) is 4.74 Å². The normalized spacial score (nSPS) is 12.0. The maximum Gasteiger partial charge on any atom is 0.408 e. The monoisotopic (exact) mass is 372 g/mol. The summed E-state index contributed by atoms with van der Waals surface area (Å²) in [5, 5.41) is 17.7. The Hall–Kier alpha value is -3.55. The molecule has 1 atom stereocenters. The Morgan fingerprint density at radius 1 is 1.30 bits per heavy atom. The first-order valence-electron chi connectivity index (χ1n) is 8.08. The van der Waals surface area contributed by atoms with E-state index < -0.39 is 23.6 Å². The predicted octanol–water partition coefficient (Wildman–Crippen LogP) is 0.896. The number of hydrogen-bond donors (Lipinski definition) is 2. The molecule has 0 radical (unpaired) electrons. The van der Waals surface area contributed by atoms with Crippen LogP contribution in [0.4, 0.5) is 4.79 Å². The van der Waals surface area contributed by atoms with E-state index in [2.05, 4.69) is 30.7 Å². The van der Waals surface area contributed by atoms with Gasteiger partial charge in [-0.15, -0.1) is 5.10 Å². The van der Waals surface area contributed by atoms with E-state index in [-0.39, 0.29) is 12.2 Å². The lowest BCUT2D eigenvalue weighted by molar-refractivity contribution is 0.0505. The third-order valence-corrected chi connectivity index (χ3v) is 3.06. The number of hydrogen-bond acceptors (Lipinski definition) is 8. The molecular formula is C16H20N8O3. The summed E-state index contributed by atoms with van der Waals surface area (Å²) < 4.78 is 6.56. The molecule has 0 bridgehead atoms. The van der Waals surface area contributed by atoms with Gasteiger partial charge in [-0.2, -0.15) is 5.26 Å². The van der Waals surface area contributed by atoms with Crippen LogP contribution in [0.5, 0.6) is 0 Å². The SMILES string of the molecule is C[C@H](NC(=O)OC(C)(C)C)c1ncn(-c2cnc(C(=O)NCC#N)cn2)n1. The van der Waals surface area contributed by atoms with Crippen molar-refractivity contribution in [1.29, 1.82) is 5.26 Å². The molecule has 0 spiro atoms. The third kappa shape index (κ3) is 5.74. The molecule has 0 aliphatic carbocycles. The molecular weight excluding hydrogens is 352 g/mol. The topological polar surface area (TPSA) is 148 Å². The molecule has 0 unspecified atom stereocenters. The lowest BCUT2D eigenvalue weighted by Crippen LogP contribution is -2.34. The van der Waals surface area contributed by atoms with E-state index in [0.717, 1.165) is 0 Å². The molecule has 27 heavy (non-hydrogen) atoms. The molecule has 2 rings (SSSR count). The van der Waals surface area contributed by atoms with Gasteiger partial charge in [-0.3, -0.25) is 4.79 Å². The van der Waals surface area contributed by atoms with Crippen molar-refractivity contribution in [3.8, 4) is 11.9 Å². The maximum atomic E-state index is 11.8. The Morgan fingerprint density at radius 2 is 2.04 bits per heavy atom. The highest BCUT2D eigenvalue weighted by molar-refractivity contribution is 5.92. The molecule has 0 saturated heterocycles. The molecule has 2 heterocycles. The van der Waals surface area contributed by atoms with Gasteiger partial charge in [0.05, 0.1) is 24.5 Å². The fourth-order valence-electron chi connectivity index (χ4n) is 1.90. The second-order valence-electron chi connectivity index (χ2n) is 6.52.